The topological polar surface area (TPSA) is 3.24 Å². The van der Waals surface area contributed by atoms with Gasteiger partial charge in [-0.2, -0.15) is 0 Å². The first-order chi connectivity index (χ1) is 31.8. The van der Waals surface area contributed by atoms with E-state index in [1.807, 2.05) is 0 Å². The van der Waals surface area contributed by atoms with Crippen LogP contribution in [0.1, 0.15) is 22.3 Å². The second-order valence-corrected chi connectivity index (χ2v) is 17.1. The highest BCUT2D eigenvalue weighted by molar-refractivity contribution is 6.22. The van der Waals surface area contributed by atoms with Crippen molar-refractivity contribution in [2.24, 2.45) is 0 Å². The molecule has 0 heterocycles. The van der Waals surface area contributed by atoms with E-state index in [4.69, 9.17) is 0 Å². The van der Waals surface area contributed by atoms with Gasteiger partial charge in [-0.25, -0.2) is 0 Å². The molecule has 1 nitrogen and oxygen atoms in total. The number of nitrogens with zero attached hydrogens (tertiary/aromatic N) is 1. The molecule has 1 spiro atoms. The van der Waals surface area contributed by atoms with Crippen LogP contribution in [0.15, 0.2) is 249 Å². The Balaban J connectivity index is 1.19. The largest absolute Gasteiger partial charge is 0.309 e. The maximum absolute atomic E-state index is 2.58. The average molecular weight is 812 g/mol. The molecule has 0 radical (unpaired) electrons. The Labute approximate surface area is 373 Å². The van der Waals surface area contributed by atoms with E-state index in [1.54, 1.807) is 0 Å². The first-order valence-electron chi connectivity index (χ1n) is 22.3. The van der Waals surface area contributed by atoms with E-state index < -0.39 is 5.41 Å². The molecule has 2 aliphatic carbocycles. The number of fused-ring (bicyclic) bond motifs is 13. The molecular formula is C63H41N. The highest BCUT2D eigenvalue weighted by atomic mass is 15.1. The Morgan fingerprint density at radius 2 is 0.656 bits per heavy atom. The monoisotopic (exact) mass is 811 g/mol. The molecule has 0 saturated heterocycles. The molecule has 0 aliphatic heterocycles. The molecule has 0 saturated carbocycles. The summed E-state index contributed by atoms with van der Waals surface area (Å²) in [7, 11) is 0. The average Bonchev–Trinajstić information content (AvgIpc) is 3.84. The molecule has 298 valence electrons. The summed E-state index contributed by atoms with van der Waals surface area (Å²) in [6.45, 7) is 0. The van der Waals surface area contributed by atoms with Gasteiger partial charge >= 0.3 is 0 Å². The molecule has 11 aromatic rings. The predicted octanol–water partition coefficient (Wildman–Crippen LogP) is 16.8. The summed E-state index contributed by atoms with van der Waals surface area (Å²) in [5.74, 6) is 0. The van der Waals surface area contributed by atoms with E-state index in [0.29, 0.717) is 0 Å². The van der Waals surface area contributed by atoms with Gasteiger partial charge in [-0.05, 0) is 119 Å². The van der Waals surface area contributed by atoms with Gasteiger partial charge in [0.2, 0.25) is 0 Å². The van der Waals surface area contributed by atoms with Crippen molar-refractivity contribution in [3.63, 3.8) is 0 Å². The van der Waals surface area contributed by atoms with Crippen LogP contribution in [-0.4, -0.2) is 0 Å². The van der Waals surface area contributed by atoms with E-state index in [0.717, 1.165) is 28.2 Å². The zero-order chi connectivity index (χ0) is 42.2. The maximum Gasteiger partial charge on any atom is 0.0726 e. The lowest BCUT2D eigenvalue weighted by molar-refractivity contribution is 0.793. The third-order valence-corrected chi connectivity index (χ3v) is 13.8. The zero-order valence-corrected chi connectivity index (χ0v) is 35.1. The molecule has 1 heteroatoms. The third kappa shape index (κ3) is 5.31. The van der Waals surface area contributed by atoms with Crippen molar-refractivity contribution in [1.82, 2.24) is 0 Å². The lowest BCUT2D eigenvalue weighted by atomic mass is 9.70. The van der Waals surface area contributed by atoms with Crippen LogP contribution in [-0.2, 0) is 5.41 Å². The van der Waals surface area contributed by atoms with Crippen LogP contribution in [0.25, 0.3) is 77.2 Å². The molecule has 0 unspecified atom stereocenters. The zero-order valence-electron chi connectivity index (χ0n) is 35.1. The maximum atomic E-state index is 2.58. The van der Waals surface area contributed by atoms with Crippen LogP contribution in [0.3, 0.4) is 0 Å². The van der Waals surface area contributed by atoms with Crippen LogP contribution in [0.5, 0.6) is 0 Å². The molecule has 13 rings (SSSR count). The summed E-state index contributed by atoms with van der Waals surface area (Å²) >= 11 is 0. The van der Waals surface area contributed by atoms with Crippen LogP contribution < -0.4 is 4.90 Å². The molecule has 0 amide bonds. The SMILES string of the molecule is c1ccc(-c2cc(-c3ccccc3)cc(N(c3ccc4c(c3)C3(c5ccccc5-c5ccccc53)c3ccccc3-4)c3c(-c4ccccc4)c4ccccc4c4ccccc34)c2)cc1. The first kappa shape index (κ1) is 36.4. The second-order valence-electron chi connectivity index (χ2n) is 17.1. The molecule has 0 N–H and O–H groups in total. The second kappa shape index (κ2) is 14.4. The predicted molar refractivity (Wildman–Crippen MR) is 269 cm³/mol. The number of hydrogen-bond donors (Lipinski definition) is 0. The summed E-state index contributed by atoms with van der Waals surface area (Å²) in [6.07, 6.45) is 0. The van der Waals surface area contributed by atoms with Crippen LogP contribution in [0.4, 0.5) is 17.1 Å². The molecule has 11 aromatic carbocycles. The number of anilines is 3. The van der Waals surface area contributed by atoms with Gasteiger partial charge in [0.05, 0.1) is 11.1 Å². The fraction of sp³-hybridized carbons (Fsp3) is 0.0159. The van der Waals surface area contributed by atoms with Crippen molar-refractivity contribution in [2.75, 3.05) is 4.90 Å². The minimum Gasteiger partial charge on any atom is -0.309 e. The highest BCUT2D eigenvalue weighted by Crippen LogP contribution is 2.63. The third-order valence-electron chi connectivity index (χ3n) is 13.8. The molecule has 2 aliphatic rings. The summed E-state index contributed by atoms with van der Waals surface area (Å²) in [6, 6.07) is 92.4. The molecule has 0 bridgehead atoms. The van der Waals surface area contributed by atoms with Crippen molar-refractivity contribution in [1.29, 1.82) is 0 Å². The standard InChI is InChI=1S/C63H41N/c1-4-20-42(21-5-1)45-38-46(43-22-6-2-7-23-43)40-48(39-45)64(62-56-32-13-11-27-50(56)49-26-10-12-31-55(49)61(62)44-24-8-3-9-25-44)47-36-37-54-53-30-16-19-35-59(53)63(60(54)41-47)57-33-17-14-28-51(57)52-29-15-18-34-58(52)63/h1-41H. The Morgan fingerprint density at radius 3 is 1.19 bits per heavy atom. The summed E-state index contributed by atoms with van der Waals surface area (Å²) < 4.78 is 0. The van der Waals surface area contributed by atoms with Gasteiger partial charge in [0.1, 0.15) is 0 Å². The Kier molecular flexibility index (Phi) is 8.20. The number of hydrogen-bond acceptors (Lipinski definition) is 1. The summed E-state index contributed by atoms with van der Waals surface area (Å²) in [5, 5.41) is 4.88. The molecule has 0 aromatic heterocycles. The van der Waals surface area contributed by atoms with Crippen LogP contribution >= 0.6 is 0 Å². The van der Waals surface area contributed by atoms with Gasteiger partial charge in [-0.3, -0.25) is 0 Å². The minimum atomic E-state index is -0.490. The minimum absolute atomic E-state index is 0.490. The van der Waals surface area contributed by atoms with Gasteiger partial charge < -0.3 is 4.90 Å². The quantitative estimate of drug-likeness (QED) is 0.151. The van der Waals surface area contributed by atoms with E-state index >= 15 is 0 Å². The molecule has 0 fully saturated rings. The van der Waals surface area contributed by atoms with Gasteiger partial charge in [0.15, 0.2) is 0 Å². The molecule has 64 heavy (non-hydrogen) atoms. The van der Waals surface area contributed by atoms with E-state index in [2.05, 4.69) is 254 Å². The van der Waals surface area contributed by atoms with Gasteiger partial charge in [-0.15, -0.1) is 0 Å². The van der Waals surface area contributed by atoms with Crippen LogP contribution in [0.2, 0.25) is 0 Å². The molecular weight excluding hydrogens is 771 g/mol. The van der Waals surface area contributed by atoms with E-state index in [9.17, 15) is 0 Å². The van der Waals surface area contributed by atoms with Gasteiger partial charge in [0.25, 0.3) is 0 Å². The number of benzene rings is 11. The summed E-state index contributed by atoms with van der Waals surface area (Å²) in [4.78, 5) is 2.58. The first-order valence-corrected chi connectivity index (χ1v) is 22.3. The Hall–Kier alpha value is -8.26. The fourth-order valence-corrected chi connectivity index (χ4v) is 11.2. The van der Waals surface area contributed by atoms with Crippen molar-refractivity contribution in [2.45, 2.75) is 5.41 Å². The highest BCUT2D eigenvalue weighted by Gasteiger charge is 2.51. The smallest absolute Gasteiger partial charge is 0.0726 e. The molecule has 0 atom stereocenters. The van der Waals surface area contributed by atoms with Crippen molar-refractivity contribution >= 4 is 38.6 Å². The normalized spacial score (nSPS) is 12.8. The summed E-state index contributed by atoms with van der Waals surface area (Å²) in [5.41, 5.74) is 20.4. The van der Waals surface area contributed by atoms with Gasteiger partial charge in [-0.1, -0.05) is 218 Å². The van der Waals surface area contributed by atoms with Crippen molar-refractivity contribution < 1.29 is 0 Å². The lowest BCUT2D eigenvalue weighted by Crippen LogP contribution is -2.26. The lowest BCUT2D eigenvalue weighted by Gasteiger charge is -2.34. The Bertz CT molecular complexity index is 3480. The van der Waals surface area contributed by atoms with Gasteiger partial charge in [0, 0.05) is 22.3 Å². The fourth-order valence-electron chi connectivity index (χ4n) is 11.2. The Morgan fingerprint density at radius 1 is 0.250 bits per heavy atom. The van der Waals surface area contributed by atoms with Crippen molar-refractivity contribution in [3.8, 4) is 55.6 Å². The van der Waals surface area contributed by atoms with E-state index in [-0.39, 0.29) is 0 Å². The van der Waals surface area contributed by atoms with Crippen LogP contribution in [0, 0.1) is 0 Å². The van der Waals surface area contributed by atoms with E-state index in [1.165, 1.54) is 88.3 Å². The van der Waals surface area contributed by atoms with Crippen molar-refractivity contribution in [3.05, 3.63) is 271 Å². The number of rotatable bonds is 6.